The second kappa shape index (κ2) is 7.82. The molecule has 0 atom stereocenters. The highest BCUT2D eigenvalue weighted by Crippen LogP contribution is 2.29. The predicted octanol–water partition coefficient (Wildman–Crippen LogP) is 3.38. The lowest BCUT2D eigenvalue weighted by molar-refractivity contribution is -0.137. The Bertz CT molecular complexity index is 573. The van der Waals surface area contributed by atoms with E-state index in [4.69, 9.17) is 4.84 Å². The first-order chi connectivity index (χ1) is 10.6. The first-order valence-electron chi connectivity index (χ1n) is 6.87. The molecule has 2 rings (SSSR count). The van der Waals surface area contributed by atoms with Gasteiger partial charge in [-0.1, -0.05) is 36.4 Å². The zero-order chi connectivity index (χ0) is 15.8. The zero-order valence-electron chi connectivity index (χ0n) is 11.9. The van der Waals surface area contributed by atoms with Crippen LogP contribution in [0.2, 0.25) is 0 Å². The van der Waals surface area contributed by atoms with E-state index in [-0.39, 0.29) is 0 Å². The molecule has 2 aromatic rings. The molecule has 118 valence electrons. The summed E-state index contributed by atoms with van der Waals surface area (Å²) in [5, 5.41) is 3.06. The fourth-order valence-electron chi connectivity index (χ4n) is 1.85. The van der Waals surface area contributed by atoms with E-state index >= 15 is 0 Å². The van der Waals surface area contributed by atoms with Crippen LogP contribution >= 0.6 is 0 Å². The van der Waals surface area contributed by atoms with Gasteiger partial charge in [0.15, 0.2) is 0 Å². The summed E-state index contributed by atoms with van der Waals surface area (Å²) in [6.45, 7) is 1.48. The van der Waals surface area contributed by atoms with Gasteiger partial charge in [0.25, 0.3) is 0 Å². The topological polar surface area (TPSA) is 33.3 Å². The number of hydrogen-bond acceptors (Lipinski definition) is 3. The van der Waals surface area contributed by atoms with Gasteiger partial charge in [-0.15, -0.1) is 0 Å². The monoisotopic (exact) mass is 310 g/mol. The number of alkyl halides is 3. The Morgan fingerprint density at radius 2 is 1.68 bits per heavy atom. The van der Waals surface area contributed by atoms with Crippen molar-refractivity contribution in [1.82, 2.24) is 10.8 Å². The van der Waals surface area contributed by atoms with Crippen molar-refractivity contribution in [3.05, 3.63) is 65.7 Å². The van der Waals surface area contributed by atoms with Crippen molar-refractivity contribution < 1.29 is 18.0 Å². The van der Waals surface area contributed by atoms with Crippen LogP contribution in [0, 0.1) is 0 Å². The quantitative estimate of drug-likeness (QED) is 0.607. The molecule has 6 heteroatoms. The molecule has 0 unspecified atom stereocenters. The molecule has 0 spiro atoms. The highest BCUT2D eigenvalue weighted by Gasteiger charge is 2.30. The third-order valence-corrected chi connectivity index (χ3v) is 2.92. The predicted molar refractivity (Wildman–Crippen MR) is 78.2 cm³/mol. The first-order valence-corrected chi connectivity index (χ1v) is 6.87. The highest BCUT2D eigenvalue weighted by molar-refractivity contribution is 5.25. The number of nitrogens with one attached hydrogen (secondary N) is 2. The van der Waals surface area contributed by atoms with E-state index < -0.39 is 11.7 Å². The summed E-state index contributed by atoms with van der Waals surface area (Å²) < 4.78 is 37.7. The van der Waals surface area contributed by atoms with Crippen molar-refractivity contribution in [2.45, 2.75) is 12.7 Å². The van der Waals surface area contributed by atoms with Gasteiger partial charge in [0.1, 0.15) is 5.75 Å². The molecule has 0 heterocycles. The maximum absolute atomic E-state index is 12.6. The normalized spacial score (nSPS) is 11.4. The summed E-state index contributed by atoms with van der Waals surface area (Å²) in [5.74, 6) is 0.709. The van der Waals surface area contributed by atoms with Crippen LogP contribution < -0.4 is 15.6 Å². The van der Waals surface area contributed by atoms with Gasteiger partial charge in [-0.05, 0) is 23.8 Å². The minimum absolute atomic E-state index is 0.372. The lowest BCUT2D eigenvalue weighted by atomic mass is 10.1. The molecular weight excluding hydrogens is 293 g/mol. The average molecular weight is 310 g/mol. The Labute approximate surface area is 127 Å². The van der Waals surface area contributed by atoms with Crippen LogP contribution in [0.3, 0.4) is 0 Å². The fraction of sp³-hybridized carbons (Fsp3) is 0.250. The summed E-state index contributed by atoms with van der Waals surface area (Å²) in [4.78, 5) is 5.28. The van der Waals surface area contributed by atoms with Crippen LogP contribution in [0.4, 0.5) is 13.2 Å². The Morgan fingerprint density at radius 3 is 2.41 bits per heavy atom. The van der Waals surface area contributed by atoms with Crippen LogP contribution in [0.25, 0.3) is 0 Å². The van der Waals surface area contributed by atoms with Gasteiger partial charge in [-0.3, -0.25) is 0 Å². The molecule has 22 heavy (non-hydrogen) atoms. The Balaban J connectivity index is 1.67. The zero-order valence-corrected chi connectivity index (χ0v) is 11.9. The smallest absolute Gasteiger partial charge is 0.409 e. The Kier molecular flexibility index (Phi) is 5.80. The molecule has 2 aromatic carbocycles. The molecule has 0 aromatic heterocycles. The number of rotatable bonds is 7. The van der Waals surface area contributed by atoms with Crippen LogP contribution in [0.5, 0.6) is 5.75 Å². The Morgan fingerprint density at radius 1 is 0.909 bits per heavy atom. The lowest BCUT2D eigenvalue weighted by Gasteiger charge is -2.10. The standard InChI is InChI=1S/C16H17F3N2O/c17-16(18,19)14-6-4-5-13(11-14)12-20-9-10-21-22-15-7-2-1-3-8-15/h1-8,11,20-21H,9-10,12H2. The highest BCUT2D eigenvalue weighted by atomic mass is 19.4. The summed E-state index contributed by atoms with van der Waals surface area (Å²) in [5.41, 5.74) is 2.75. The molecule has 0 aliphatic rings. The maximum atomic E-state index is 12.6. The third-order valence-electron chi connectivity index (χ3n) is 2.92. The van der Waals surface area contributed by atoms with E-state index in [0.717, 1.165) is 12.1 Å². The van der Waals surface area contributed by atoms with Crippen LogP contribution in [0.15, 0.2) is 54.6 Å². The van der Waals surface area contributed by atoms with Crippen molar-refractivity contribution in [1.29, 1.82) is 0 Å². The second-order valence-corrected chi connectivity index (χ2v) is 4.68. The molecule has 0 bridgehead atoms. The van der Waals surface area contributed by atoms with Crippen molar-refractivity contribution in [3.63, 3.8) is 0 Å². The third kappa shape index (κ3) is 5.38. The second-order valence-electron chi connectivity index (χ2n) is 4.68. The number of hydrogen-bond donors (Lipinski definition) is 2. The van der Waals surface area contributed by atoms with E-state index in [1.54, 1.807) is 6.07 Å². The van der Waals surface area contributed by atoms with Gasteiger partial charge in [-0.25, -0.2) is 0 Å². The molecule has 0 aliphatic heterocycles. The van der Waals surface area contributed by atoms with E-state index in [2.05, 4.69) is 10.8 Å². The lowest BCUT2D eigenvalue weighted by Crippen LogP contribution is -2.29. The summed E-state index contributed by atoms with van der Waals surface area (Å²) in [6.07, 6.45) is -4.30. The summed E-state index contributed by atoms with van der Waals surface area (Å²) in [7, 11) is 0. The largest absolute Gasteiger partial charge is 0.416 e. The maximum Gasteiger partial charge on any atom is 0.416 e. The van der Waals surface area contributed by atoms with Gasteiger partial charge in [-0.2, -0.15) is 18.7 Å². The van der Waals surface area contributed by atoms with Crippen molar-refractivity contribution in [3.8, 4) is 5.75 Å². The van der Waals surface area contributed by atoms with Crippen LogP contribution in [-0.2, 0) is 12.7 Å². The van der Waals surface area contributed by atoms with E-state index in [0.29, 0.717) is 30.9 Å². The van der Waals surface area contributed by atoms with Crippen molar-refractivity contribution in [2.75, 3.05) is 13.1 Å². The van der Waals surface area contributed by atoms with Crippen molar-refractivity contribution in [2.24, 2.45) is 0 Å². The van der Waals surface area contributed by atoms with Gasteiger partial charge in [0, 0.05) is 19.6 Å². The SMILES string of the molecule is FC(F)(F)c1cccc(CNCCNOc2ccccc2)c1. The molecule has 0 saturated carbocycles. The van der Waals surface area contributed by atoms with E-state index in [9.17, 15) is 13.2 Å². The number of benzene rings is 2. The molecule has 0 radical (unpaired) electrons. The average Bonchev–Trinajstić information content (AvgIpc) is 2.51. The van der Waals surface area contributed by atoms with E-state index in [1.165, 1.54) is 6.07 Å². The van der Waals surface area contributed by atoms with Crippen molar-refractivity contribution >= 4 is 0 Å². The number of hydroxylamine groups is 1. The minimum atomic E-state index is -4.30. The first kappa shape index (κ1) is 16.3. The molecule has 0 fully saturated rings. The molecule has 3 nitrogen and oxygen atoms in total. The summed E-state index contributed by atoms with van der Waals surface area (Å²) >= 11 is 0. The minimum Gasteiger partial charge on any atom is -0.409 e. The van der Waals surface area contributed by atoms with Gasteiger partial charge in [0.05, 0.1) is 5.56 Å². The van der Waals surface area contributed by atoms with E-state index in [1.807, 2.05) is 30.3 Å². The number of halogens is 3. The molecular formula is C16H17F3N2O. The van der Waals surface area contributed by atoms with Gasteiger partial charge >= 0.3 is 6.18 Å². The fourth-order valence-corrected chi connectivity index (χ4v) is 1.85. The van der Waals surface area contributed by atoms with Gasteiger partial charge < -0.3 is 10.2 Å². The molecule has 2 N–H and O–H groups in total. The molecule has 0 saturated heterocycles. The van der Waals surface area contributed by atoms with Gasteiger partial charge in [0.2, 0.25) is 0 Å². The number of para-hydroxylation sites is 1. The summed E-state index contributed by atoms with van der Waals surface area (Å²) in [6, 6.07) is 14.6. The van der Waals surface area contributed by atoms with Crippen LogP contribution in [-0.4, -0.2) is 13.1 Å². The Hall–Kier alpha value is -2.05. The van der Waals surface area contributed by atoms with Crippen LogP contribution in [0.1, 0.15) is 11.1 Å². The molecule has 0 aliphatic carbocycles. The molecule has 0 amide bonds.